The lowest BCUT2D eigenvalue weighted by molar-refractivity contribution is -0.870. The van der Waals surface area contributed by atoms with Gasteiger partial charge in [-0.2, -0.15) is 0 Å². The maximum Gasteiger partial charge on any atom is 0.472 e. The molecule has 0 spiro atoms. The molecule has 380 valence electrons. The molecule has 0 aliphatic carbocycles. The van der Waals surface area contributed by atoms with Crippen molar-refractivity contribution >= 4 is 13.7 Å². The summed E-state index contributed by atoms with van der Waals surface area (Å²) >= 11 is 0. The zero-order valence-corrected chi connectivity index (χ0v) is 44.2. The predicted octanol–water partition coefficient (Wildman–Crippen LogP) is 16.4. The summed E-state index contributed by atoms with van der Waals surface area (Å²) in [6.45, 7) is 4.85. The number of hydrogen-bond donors (Lipinski definition) is 3. The summed E-state index contributed by atoms with van der Waals surface area (Å²) in [6, 6.07) is -0.847. The number of aliphatic hydroxyl groups is 1. The average molecular weight is 926 g/mol. The topological polar surface area (TPSA) is 105 Å². The van der Waals surface area contributed by atoms with Gasteiger partial charge in [0.25, 0.3) is 0 Å². The minimum absolute atomic E-state index is 0.0622. The van der Waals surface area contributed by atoms with Crippen molar-refractivity contribution in [2.24, 2.45) is 0 Å². The third kappa shape index (κ3) is 48.9. The van der Waals surface area contributed by atoms with Gasteiger partial charge in [0.05, 0.1) is 39.9 Å². The van der Waals surface area contributed by atoms with Gasteiger partial charge in [-0.3, -0.25) is 13.8 Å². The SMILES string of the molecule is CCCCCCCCCCCCC/C=C\CCCCCCCCCC(=O)NC(COP(=O)(O)OCC[N+](C)(C)C)C(O)/C=C/CCCCCCCCCCCCCCCCCCCC. The third-order valence-electron chi connectivity index (χ3n) is 12.7. The summed E-state index contributed by atoms with van der Waals surface area (Å²) < 4.78 is 23.7. The van der Waals surface area contributed by atoms with Crippen LogP contribution in [-0.2, 0) is 18.4 Å². The van der Waals surface area contributed by atoms with Gasteiger partial charge >= 0.3 is 7.82 Å². The van der Waals surface area contributed by atoms with E-state index >= 15 is 0 Å². The zero-order valence-electron chi connectivity index (χ0n) is 43.3. The first-order chi connectivity index (χ1) is 31.0. The monoisotopic (exact) mass is 926 g/mol. The standard InChI is InChI=1S/C55H109N2O6P/c1-6-8-10-12-14-16-18-20-22-24-26-28-29-31-33-35-37-39-41-43-45-47-49-55(59)56-53(52-63-64(60,61)62-51-50-57(3,4)5)54(58)48-46-44-42-40-38-36-34-32-30-27-25-23-21-19-17-15-13-11-9-7-2/h29,31,46,48,53-54,58H,6-28,30,32-45,47,49-52H2,1-5H3,(H-,56,59,60,61)/p+1/b31-29-,48-46+. The van der Waals surface area contributed by atoms with Gasteiger partial charge in [-0.15, -0.1) is 0 Å². The maximum absolute atomic E-state index is 13.0. The summed E-state index contributed by atoms with van der Waals surface area (Å²) in [6.07, 6.45) is 58.4. The highest BCUT2D eigenvalue weighted by molar-refractivity contribution is 7.47. The van der Waals surface area contributed by atoms with Crippen LogP contribution in [0.2, 0.25) is 0 Å². The fourth-order valence-corrected chi connectivity index (χ4v) is 9.01. The van der Waals surface area contributed by atoms with Crippen molar-refractivity contribution in [3.05, 3.63) is 24.3 Å². The van der Waals surface area contributed by atoms with Gasteiger partial charge in [-0.25, -0.2) is 4.57 Å². The molecule has 8 nitrogen and oxygen atoms in total. The number of nitrogens with zero attached hydrogens (tertiary/aromatic N) is 1. The fourth-order valence-electron chi connectivity index (χ4n) is 8.27. The largest absolute Gasteiger partial charge is 0.472 e. The summed E-state index contributed by atoms with van der Waals surface area (Å²) in [5.74, 6) is -0.178. The predicted molar refractivity (Wildman–Crippen MR) is 277 cm³/mol. The Labute approximate surface area is 398 Å². The molecule has 0 bridgehead atoms. The minimum atomic E-state index is -4.34. The number of phosphoric ester groups is 1. The lowest BCUT2D eigenvalue weighted by atomic mass is 10.0. The van der Waals surface area contributed by atoms with E-state index in [0.29, 0.717) is 17.4 Å². The Hall–Kier alpha value is -1.02. The van der Waals surface area contributed by atoms with Gasteiger partial charge in [0.2, 0.25) is 5.91 Å². The van der Waals surface area contributed by atoms with E-state index in [9.17, 15) is 19.4 Å². The molecule has 0 aliphatic heterocycles. The van der Waals surface area contributed by atoms with Gasteiger partial charge in [0.15, 0.2) is 0 Å². The first-order valence-corrected chi connectivity index (χ1v) is 29.2. The average Bonchev–Trinajstić information content (AvgIpc) is 3.25. The van der Waals surface area contributed by atoms with Crippen molar-refractivity contribution in [1.29, 1.82) is 0 Å². The number of phosphoric acid groups is 1. The normalized spacial score (nSPS) is 14.2. The first kappa shape index (κ1) is 63.0. The molecule has 0 saturated carbocycles. The van der Waals surface area contributed by atoms with E-state index < -0.39 is 20.0 Å². The number of carbonyl (C=O) groups is 1. The summed E-state index contributed by atoms with van der Waals surface area (Å²) in [5.41, 5.74) is 0. The van der Waals surface area contributed by atoms with E-state index in [1.165, 1.54) is 212 Å². The zero-order chi connectivity index (χ0) is 47.1. The Morgan fingerprint density at radius 1 is 0.516 bits per heavy atom. The molecule has 9 heteroatoms. The van der Waals surface area contributed by atoms with E-state index in [4.69, 9.17) is 9.05 Å². The second kappa shape index (κ2) is 47.1. The van der Waals surface area contributed by atoms with Crippen LogP contribution in [0.5, 0.6) is 0 Å². The van der Waals surface area contributed by atoms with Crippen LogP contribution >= 0.6 is 7.82 Å². The maximum atomic E-state index is 13.0. The highest BCUT2D eigenvalue weighted by Crippen LogP contribution is 2.43. The summed E-state index contributed by atoms with van der Waals surface area (Å²) in [5, 5.41) is 13.9. The van der Waals surface area contributed by atoms with Crippen molar-refractivity contribution in [2.45, 2.75) is 283 Å². The number of aliphatic hydroxyl groups excluding tert-OH is 1. The Kier molecular flexibility index (Phi) is 46.3. The van der Waals surface area contributed by atoms with E-state index in [2.05, 4.69) is 31.3 Å². The van der Waals surface area contributed by atoms with Crippen LogP contribution in [0.1, 0.15) is 271 Å². The number of unbranched alkanes of at least 4 members (excludes halogenated alkanes) is 36. The first-order valence-electron chi connectivity index (χ1n) is 27.7. The number of rotatable bonds is 51. The van der Waals surface area contributed by atoms with Crippen LogP contribution in [0.4, 0.5) is 0 Å². The van der Waals surface area contributed by atoms with E-state index in [1.807, 2.05) is 27.2 Å². The lowest BCUT2D eigenvalue weighted by Crippen LogP contribution is -2.45. The molecule has 0 rings (SSSR count). The highest BCUT2D eigenvalue weighted by atomic mass is 31.2. The van der Waals surface area contributed by atoms with E-state index in [0.717, 1.165) is 38.5 Å². The molecule has 0 heterocycles. The lowest BCUT2D eigenvalue weighted by Gasteiger charge is -2.25. The fraction of sp³-hybridized carbons (Fsp3) is 0.909. The smallest absolute Gasteiger partial charge is 0.387 e. The number of carbonyl (C=O) groups excluding carboxylic acids is 1. The second-order valence-electron chi connectivity index (χ2n) is 20.3. The van der Waals surface area contributed by atoms with Crippen LogP contribution in [0.15, 0.2) is 24.3 Å². The Balaban J connectivity index is 4.25. The Morgan fingerprint density at radius 3 is 1.20 bits per heavy atom. The molecule has 0 saturated heterocycles. The molecular formula is C55H110N2O6P+. The number of allylic oxidation sites excluding steroid dienone is 3. The Morgan fingerprint density at radius 2 is 0.844 bits per heavy atom. The molecule has 0 aromatic carbocycles. The van der Waals surface area contributed by atoms with E-state index in [1.54, 1.807) is 6.08 Å². The molecule has 0 aliphatic rings. The number of quaternary nitrogens is 1. The number of likely N-dealkylation sites (N-methyl/N-ethyl adjacent to an activating group) is 1. The number of amides is 1. The molecule has 3 atom stereocenters. The highest BCUT2D eigenvalue weighted by Gasteiger charge is 2.27. The molecule has 0 aromatic heterocycles. The molecule has 1 amide bonds. The molecular weight excluding hydrogens is 816 g/mol. The second-order valence-corrected chi connectivity index (χ2v) is 21.8. The van der Waals surface area contributed by atoms with Crippen molar-refractivity contribution < 1.29 is 32.9 Å². The summed E-state index contributed by atoms with van der Waals surface area (Å²) in [4.78, 5) is 23.3. The Bertz CT molecular complexity index is 1090. The van der Waals surface area contributed by atoms with Gasteiger partial charge in [0.1, 0.15) is 13.2 Å². The molecule has 3 N–H and O–H groups in total. The van der Waals surface area contributed by atoms with Crippen molar-refractivity contribution in [1.82, 2.24) is 5.32 Å². The van der Waals surface area contributed by atoms with Gasteiger partial charge in [0, 0.05) is 6.42 Å². The molecule has 64 heavy (non-hydrogen) atoms. The van der Waals surface area contributed by atoms with Crippen LogP contribution < -0.4 is 5.32 Å². The molecule has 0 fully saturated rings. The molecule has 0 radical (unpaired) electrons. The molecule has 0 aromatic rings. The summed E-state index contributed by atoms with van der Waals surface area (Å²) in [7, 11) is 1.58. The van der Waals surface area contributed by atoms with Crippen molar-refractivity contribution in [2.75, 3.05) is 40.9 Å². The van der Waals surface area contributed by atoms with Crippen LogP contribution in [-0.4, -0.2) is 73.4 Å². The van der Waals surface area contributed by atoms with Crippen LogP contribution in [0.3, 0.4) is 0 Å². The van der Waals surface area contributed by atoms with Crippen molar-refractivity contribution in [3.63, 3.8) is 0 Å². The minimum Gasteiger partial charge on any atom is -0.387 e. The number of nitrogens with one attached hydrogen (secondary N) is 1. The van der Waals surface area contributed by atoms with E-state index in [-0.39, 0.29) is 19.1 Å². The van der Waals surface area contributed by atoms with Gasteiger partial charge < -0.3 is 19.8 Å². The third-order valence-corrected chi connectivity index (χ3v) is 13.6. The van der Waals surface area contributed by atoms with Gasteiger partial charge in [-0.05, 0) is 44.9 Å². The molecule has 3 unspecified atom stereocenters. The van der Waals surface area contributed by atoms with Crippen LogP contribution in [0, 0.1) is 0 Å². The number of hydrogen-bond acceptors (Lipinski definition) is 5. The van der Waals surface area contributed by atoms with Gasteiger partial charge in [-0.1, -0.05) is 244 Å². The quantitative estimate of drug-likeness (QED) is 0.0243. The van der Waals surface area contributed by atoms with Crippen LogP contribution in [0.25, 0.3) is 0 Å². The van der Waals surface area contributed by atoms with Crippen molar-refractivity contribution in [3.8, 4) is 0 Å².